The monoisotopic (exact) mass is 404 g/mol. The third-order valence-electron chi connectivity index (χ3n) is 4.85. The van der Waals surface area contributed by atoms with E-state index in [4.69, 9.17) is 4.84 Å². The largest absolute Gasteiger partial charge is 0.385 e. The van der Waals surface area contributed by atoms with Crippen LogP contribution in [0.2, 0.25) is 0 Å². The molecule has 0 radical (unpaired) electrons. The Hall–Kier alpha value is -2.15. The highest BCUT2D eigenvalue weighted by Gasteiger charge is 2.19. The lowest BCUT2D eigenvalue weighted by Gasteiger charge is -2.32. The van der Waals surface area contributed by atoms with E-state index in [9.17, 15) is 4.79 Å². The zero-order valence-electron chi connectivity index (χ0n) is 16.3. The first-order valence-corrected chi connectivity index (χ1v) is 9.63. The van der Waals surface area contributed by atoms with Crippen LogP contribution in [-0.4, -0.2) is 42.0 Å². The van der Waals surface area contributed by atoms with Crippen LogP contribution in [0, 0.1) is 5.92 Å². The molecule has 1 amide bonds. The molecular weight excluding hydrogens is 376 g/mol. The number of amides is 1. The number of anilines is 1. The highest BCUT2D eigenvalue weighted by Crippen LogP contribution is 2.20. The van der Waals surface area contributed by atoms with Gasteiger partial charge < -0.3 is 5.32 Å². The summed E-state index contributed by atoms with van der Waals surface area (Å²) < 4.78 is 0. The van der Waals surface area contributed by atoms with Crippen LogP contribution in [0.25, 0.3) is 0 Å². The van der Waals surface area contributed by atoms with Crippen LogP contribution in [0.3, 0.4) is 0 Å². The Balaban J connectivity index is 0.00000280. The zero-order valence-corrected chi connectivity index (χ0v) is 17.1. The van der Waals surface area contributed by atoms with Crippen molar-refractivity contribution in [3.8, 4) is 0 Å². The van der Waals surface area contributed by atoms with Crippen molar-refractivity contribution < 1.29 is 9.63 Å². The van der Waals surface area contributed by atoms with Gasteiger partial charge in [0.2, 0.25) is 0 Å². The van der Waals surface area contributed by atoms with Crippen LogP contribution in [0.1, 0.15) is 35.8 Å². The first kappa shape index (κ1) is 22.1. The van der Waals surface area contributed by atoms with Gasteiger partial charge >= 0.3 is 0 Å². The van der Waals surface area contributed by atoms with Crippen molar-refractivity contribution in [2.75, 3.05) is 31.6 Å². The molecule has 0 spiro atoms. The van der Waals surface area contributed by atoms with Crippen LogP contribution in [0.5, 0.6) is 0 Å². The van der Waals surface area contributed by atoms with Crippen LogP contribution in [0.15, 0.2) is 48.7 Å². The molecular formula is C21H29ClN4O2. The van der Waals surface area contributed by atoms with Crippen molar-refractivity contribution in [1.29, 1.82) is 0 Å². The summed E-state index contributed by atoms with van der Waals surface area (Å²) in [4.78, 5) is 23.5. The lowest BCUT2D eigenvalue weighted by atomic mass is 9.96. The number of nitrogens with one attached hydrogen (secondary N) is 2. The van der Waals surface area contributed by atoms with Crippen LogP contribution in [-0.2, 0) is 11.4 Å². The molecule has 1 aromatic heterocycles. The van der Waals surface area contributed by atoms with E-state index in [1.807, 2.05) is 13.0 Å². The van der Waals surface area contributed by atoms with Crippen LogP contribution < -0.4 is 10.8 Å². The normalized spacial score (nSPS) is 14.9. The van der Waals surface area contributed by atoms with Gasteiger partial charge in [-0.15, -0.1) is 12.4 Å². The van der Waals surface area contributed by atoms with Crippen molar-refractivity contribution in [1.82, 2.24) is 15.4 Å². The number of likely N-dealkylation sites (tertiary alicyclic amines) is 1. The van der Waals surface area contributed by atoms with Gasteiger partial charge in [0.25, 0.3) is 5.91 Å². The molecule has 152 valence electrons. The molecule has 2 N–H and O–H groups in total. The molecule has 0 atom stereocenters. The number of pyridine rings is 1. The number of nitrogens with zero attached hydrogens (tertiary/aromatic N) is 2. The third kappa shape index (κ3) is 6.78. The molecule has 7 heteroatoms. The van der Waals surface area contributed by atoms with E-state index in [0.29, 0.717) is 18.2 Å². The summed E-state index contributed by atoms with van der Waals surface area (Å²) in [5.74, 6) is 0.320. The second-order valence-electron chi connectivity index (χ2n) is 6.88. The Kier molecular flexibility index (Phi) is 9.20. The maximum atomic E-state index is 11.9. The van der Waals surface area contributed by atoms with E-state index >= 15 is 0 Å². The summed E-state index contributed by atoms with van der Waals surface area (Å²) in [6.07, 6.45) is 4.01. The first-order valence-electron chi connectivity index (χ1n) is 9.63. The summed E-state index contributed by atoms with van der Waals surface area (Å²) in [5, 5.41) is 3.45. The molecule has 6 nitrogen and oxygen atoms in total. The minimum absolute atomic E-state index is 0. The maximum absolute atomic E-state index is 11.9. The number of hydrogen-bond acceptors (Lipinski definition) is 5. The second kappa shape index (κ2) is 11.6. The Morgan fingerprint density at radius 2 is 1.96 bits per heavy atom. The smallest absolute Gasteiger partial charge is 0.293 e. The summed E-state index contributed by atoms with van der Waals surface area (Å²) in [7, 11) is 0. The summed E-state index contributed by atoms with van der Waals surface area (Å²) in [6.45, 7) is 6.43. The van der Waals surface area contributed by atoms with E-state index in [-0.39, 0.29) is 18.3 Å². The van der Waals surface area contributed by atoms with Gasteiger partial charge in [0, 0.05) is 25.0 Å². The highest BCUT2D eigenvalue weighted by molar-refractivity contribution is 5.92. The maximum Gasteiger partial charge on any atom is 0.293 e. The van der Waals surface area contributed by atoms with Crippen molar-refractivity contribution in [3.63, 3.8) is 0 Å². The molecule has 0 bridgehead atoms. The Labute approximate surface area is 173 Å². The fourth-order valence-electron chi connectivity index (χ4n) is 3.31. The molecule has 0 unspecified atom stereocenters. The summed E-state index contributed by atoms with van der Waals surface area (Å²) in [6, 6.07) is 14.3. The second-order valence-corrected chi connectivity index (χ2v) is 6.88. The number of aromatic nitrogens is 1. The van der Waals surface area contributed by atoms with Crippen molar-refractivity contribution >= 4 is 24.0 Å². The van der Waals surface area contributed by atoms with E-state index in [2.05, 4.69) is 51.0 Å². The van der Waals surface area contributed by atoms with E-state index in [1.165, 1.54) is 18.4 Å². The molecule has 28 heavy (non-hydrogen) atoms. The fraction of sp³-hybridized carbons (Fsp3) is 0.429. The molecule has 1 aliphatic heterocycles. The topological polar surface area (TPSA) is 66.5 Å². The number of hydroxylamine groups is 1. The molecule has 0 aliphatic carbocycles. The number of carbonyl (C=O) groups excluding carboxylic acids is 1. The number of carbonyl (C=O) groups is 1. The van der Waals surface area contributed by atoms with Crippen LogP contribution in [0.4, 0.5) is 5.69 Å². The Morgan fingerprint density at radius 1 is 1.21 bits per heavy atom. The highest BCUT2D eigenvalue weighted by atomic mass is 35.5. The minimum atomic E-state index is -0.324. The van der Waals surface area contributed by atoms with Crippen molar-refractivity contribution in [3.05, 3.63) is 59.9 Å². The SMILES string of the molecule is CCONC(=O)c1cc(NCC2CCN(Cc3ccccc3)CC2)ccn1.Cl. The quantitative estimate of drug-likeness (QED) is 0.659. The number of hydrogen-bond donors (Lipinski definition) is 2. The average molecular weight is 405 g/mol. The number of piperidine rings is 1. The number of rotatable bonds is 8. The van der Waals surface area contributed by atoms with Crippen molar-refractivity contribution in [2.45, 2.75) is 26.3 Å². The molecule has 1 aromatic carbocycles. The van der Waals surface area contributed by atoms with Gasteiger partial charge in [-0.1, -0.05) is 30.3 Å². The molecule has 3 rings (SSSR count). The minimum Gasteiger partial charge on any atom is -0.385 e. The van der Waals surface area contributed by atoms with Gasteiger partial charge in [-0.2, -0.15) is 0 Å². The Morgan fingerprint density at radius 3 is 2.68 bits per heavy atom. The van der Waals surface area contributed by atoms with Gasteiger partial charge in [-0.25, -0.2) is 5.48 Å². The molecule has 1 fully saturated rings. The van der Waals surface area contributed by atoms with Crippen LogP contribution >= 0.6 is 12.4 Å². The van der Waals surface area contributed by atoms with Gasteiger partial charge in [0.05, 0.1) is 6.61 Å². The van der Waals surface area contributed by atoms with Gasteiger partial charge in [0.1, 0.15) is 5.69 Å². The molecule has 2 aromatic rings. The lowest BCUT2D eigenvalue weighted by molar-refractivity contribution is 0.0360. The zero-order chi connectivity index (χ0) is 18.9. The number of halogens is 1. The van der Waals surface area contributed by atoms with E-state index < -0.39 is 0 Å². The fourth-order valence-corrected chi connectivity index (χ4v) is 3.31. The van der Waals surface area contributed by atoms with E-state index in [0.717, 1.165) is 31.9 Å². The third-order valence-corrected chi connectivity index (χ3v) is 4.85. The summed E-state index contributed by atoms with van der Waals surface area (Å²) in [5.41, 5.74) is 5.02. The molecule has 1 saturated heterocycles. The molecule has 0 saturated carbocycles. The Bertz CT molecular complexity index is 721. The standard InChI is InChI=1S/C21H28N4O2.ClH/c1-2-27-24-21(26)20-14-19(8-11-22-20)23-15-17-9-12-25(13-10-17)16-18-6-4-3-5-7-18;/h3-8,11,14,17H,2,9-10,12-13,15-16H2,1H3,(H,22,23)(H,24,26);1H. The lowest BCUT2D eigenvalue weighted by Crippen LogP contribution is -2.35. The summed E-state index contributed by atoms with van der Waals surface area (Å²) >= 11 is 0. The average Bonchev–Trinajstić information content (AvgIpc) is 2.72. The first-order chi connectivity index (χ1) is 13.2. The number of benzene rings is 1. The molecule has 1 aliphatic rings. The predicted molar refractivity (Wildman–Crippen MR) is 114 cm³/mol. The van der Waals surface area contributed by atoms with Gasteiger partial charge in [0.15, 0.2) is 0 Å². The molecule has 2 heterocycles. The van der Waals surface area contributed by atoms with Crippen molar-refractivity contribution in [2.24, 2.45) is 5.92 Å². The van der Waals surface area contributed by atoms with Gasteiger partial charge in [-0.3, -0.25) is 19.5 Å². The predicted octanol–water partition coefficient (Wildman–Crippen LogP) is 3.51. The van der Waals surface area contributed by atoms with E-state index in [1.54, 1.807) is 12.3 Å². The van der Waals surface area contributed by atoms with Gasteiger partial charge in [-0.05, 0) is 56.5 Å².